The second kappa shape index (κ2) is 7.71. The number of nitrogens with one attached hydrogen (secondary N) is 2. The fourth-order valence-corrected chi connectivity index (χ4v) is 3.51. The Balaban J connectivity index is 2.36. The third-order valence-electron chi connectivity index (χ3n) is 3.88. The summed E-state index contributed by atoms with van der Waals surface area (Å²) in [5.74, 6) is 0. The Kier molecular flexibility index (Phi) is 6.88. The molecule has 0 radical (unpaired) electrons. The number of aliphatic hydroxyl groups excluding tert-OH is 2. The van der Waals surface area contributed by atoms with Crippen molar-refractivity contribution in [3.63, 3.8) is 0 Å². The van der Waals surface area contributed by atoms with Crippen molar-refractivity contribution in [2.75, 3.05) is 39.4 Å². The normalized spacial score (nSPS) is 22.4. The van der Waals surface area contributed by atoms with Crippen molar-refractivity contribution in [1.82, 2.24) is 15.5 Å². The Hall–Kier alpha value is -0.200. The highest BCUT2D eigenvalue weighted by Crippen LogP contribution is 2.28. The number of hydrogen-bond acceptors (Lipinski definition) is 5. The lowest BCUT2D eigenvalue weighted by molar-refractivity contribution is 0.136. The van der Waals surface area contributed by atoms with E-state index < -0.39 is 0 Å². The number of piperidine rings is 1. The summed E-state index contributed by atoms with van der Waals surface area (Å²) >= 11 is 0. The van der Waals surface area contributed by atoms with E-state index in [0.717, 1.165) is 25.9 Å². The Morgan fingerprint density at radius 3 is 1.95 bits per heavy atom. The molecule has 1 aliphatic heterocycles. The minimum atomic E-state index is 0.146. The number of nitrogens with zero attached hydrogens (tertiary/aromatic N) is 1. The molecule has 1 saturated heterocycles. The summed E-state index contributed by atoms with van der Waals surface area (Å²) in [6.07, 6.45) is 2.24. The predicted molar refractivity (Wildman–Crippen MR) is 82.9 cm³/mol. The summed E-state index contributed by atoms with van der Waals surface area (Å²) in [6.45, 7) is 12.3. The minimum absolute atomic E-state index is 0.146. The lowest BCUT2D eigenvalue weighted by Gasteiger charge is -2.47. The van der Waals surface area contributed by atoms with E-state index in [2.05, 4.69) is 43.2 Å². The second-order valence-electron chi connectivity index (χ2n) is 7.24. The van der Waals surface area contributed by atoms with Crippen LogP contribution < -0.4 is 10.6 Å². The fraction of sp³-hybridized carbons (Fsp3) is 1.00. The molecule has 1 fully saturated rings. The van der Waals surface area contributed by atoms with Crippen molar-refractivity contribution in [2.45, 2.75) is 57.7 Å². The first kappa shape index (κ1) is 17.9. The molecule has 0 aliphatic carbocycles. The van der Waals surface area contributed by atoms with E-state index in [4.69, 9.17) is 10.2 Å². The van der Waals surface area contributed by atoms with Gasteiger partial charge in [-0.3, -0.25) is 4.90 Å². The van der Waals surface area contributed by atoms with Crippen LogP contribution in [0.2, 0.25) is 0 Å². The average Bonchev–Trinajstić information content (AvgIpc) is 2.25. The van der Waals surface area contributed by atoms with Gasteiger partial charge in [-0.15, -0.1) is 0 Å². The summed E-state index contributed by atoms with van der Waals surface area (Å²) in [5.41, 5.74) is 0.324. The van der Waals surface area contributed by atoms with Crippen molar-refractivity contribution >= 4 is 0 Å². The van der Waals surface area contributed by atoms with Crippen LogP contribution in [0.3, 0.4) is 0 Å². The van der Waals surface area contributed by atoms with E-state index in [0.29, 0.717) is 19.1 Å². The summed E-state index contributed by atoms with van der Waals surface area (Å²) in [5, 5.41) is 25.3. The monoisotopic (exact) mass is 287 g/mol. The van der Waals surface area contributed by atoms with Gasteiger partial charge in [-0.2, -0.15) is 0 Å². The summed E-state index contributed by atoms with van der Waals surface area (Å²) in [6, 6.07) is 0.520. The summed E-state index contributed by atoms with van der Waals surface area (Å²) in [7, 11) is 0. The molecule has 4 N–H and O–H groups in total. The van der Waals surface area contributed by atoms with Gasteiger partial charge in [0.15, 0.2) is 0 Å². The van der Waals surface area contributed by atoms with Crippen LogP contribution in [0.1, 0.15) is 40.5 Å². The van der Waals surface area contributed by atoms with Gasteiger partial charge in [0, 0.05) is 43.3 Å². The van der Waals surface area contributed by atoms with Gasteiger partial charge in [0.25, 0.3) is 0 Å². The smallest absolute Gasteiger partial charge is 0.0558 e. The first-order chi connectivity index (χ1) is 9.28. The molecule has 1 heterocycles. The van der Waals surface area contributed by atoms with E-state index in [1.807, 2.05) is 0 Å². The molecule has 0 unspecified atom stereocenters. The minimum Gasteiger partial charge on any atom is -0.395 e. The molecule has 1 aliphatic rings. The molecular formula is C15H33N3O2. The Bertz CT molecular complexity index is 260. The third kappa shape index (κ3) is 6.50. The van der Waals surface area contributed by atoms with Gasteiger partial charge in [-0.25, -0.2) is 0 Å². The molecular weight excluding hydrogens is 254 g/mol. The van der Waals surface area contributed by atoms with Crippen molar-refractivity contribution in [1.29, 1.82) is 0 Å². The van der Waals surface area contributed by atoms with Crippen LogP contribution in [-0.2, 0) is 0 Å². The van der Waals surface area contributed by atoms with Gasteiger partial charge in [0.05, 0.1) is 13.2 Å². The van der Waals surface area contributed by atoms with E-state index in [9.17, 15) is 0 Å². The van der Waals surface area contributed by atoms with Crippen LogP contribution in [0.5, 0.6) is 0 Å². The molecule has 0 aromatic carbocycles. The van der Waals surface area contributed by atoms with Crippen molar-refractivity contribution in [2.24, 2.45) is 0 Å². The second-order valence-corrected chi connectivity index (χ2v) is 7.24. The van der Waals surface area contributed by atoms with Crippen molar-refractivity contribution in [3.8, 4) is 0 Å². The van der Waals surface area contributed by atoms with Gasteiger partial charge >= 0.3 is 0 Å². The molecule has 0 aromatic heterocycles. The predicted octanol–water partition coefficient (Wildman–Crippen LogP) is 0.172. The molecule has 0 saturated carbocycles. The van der Waals surface area contributed by atoms with Gasteiger partial charge in [0.1, 0.15) is 0 Å². The lowest BCUT2D eigenvalue weighted by atomic mass is 9.79. The number of aliphatic hydroxyl groups is 2. The highest BCUT2D eigenvalue weighted by Gasteiger charge is 2.37. The molecule has 1 rings (SSSR count). The molecule has 0 spiro atoms. The van der Waals surface area contributed by atoms with Gasteiger partial charge in [-0.05, 0) is 40.5 Å². The zero-order valence-corrected chi connectivity index (χ0v) is 13.6. The van der Waals surface area contributed by atoms with Crippen LogP contribution in [0.4, 0.5) is 0 Å². The van der Waals surface area contributed by atoms with Crippen LogP contribution in [0, 0.1) is 0 Å². The fourth-order valence-electron chi connectivity index (χ4n) is 3.51. The van der Waals surface area contributed by atoms with Crippen LogP contribution in [0.25, 0.3) is 0 Å². The standard InChI is InChI=1S/C15H33N3O2/c1-14(2)11-13(12-15(3,4)17-14)16-5-6-18(7-9-19)8-10-20/h13,16-17,19-20H,5-12H2,1-4H3. The zero-order chi connectivity index (χ0) is 15.2. The third-order valence-corrected chi connectivity index (χ3v) is 3.88. The summed E-state index contributed by atoms with van der Waals surface area (Å²) < 4.78 is 0. The molecule has 0 atom stereocenters. The van der Waals surface area contributed by atoms with Crippen molar-refractivity contribution in [3.05, 3.63) is 0 Å². The van der Waals surface area contributed by atoms with E-state index in [1.54, 1.807) is 0 Å². The number of hydrogen-bond donors (Lipinski definition) is 4. The highest BCUT2D eigenvalue weighted by atomic mass is 16.3. The first-order valence-electron chi connectivity index (χ1n) is 7.75. The molecule has 5 heteroatoms. The van der Waals surface area contributed by atoms with E-state index in [1.165, 1.54) is 0 Å². The largest absolute Gasteiger partial charge is 0.395 e. The molecule has 0 amide bonds. The average molecular weight is 287 g/mol. The van der Waals surface area contributed by atoms with Crippen molar-refractivity contribution < 1.29 is 10.2 Å². The SMILES string of the molecule is CC1(C)CC(NCCN(CCO)CCO)CC(C)(C)N1. The topological polar surface area (TPSA) is 67.8 Å². The Labute approximate surface area is 123 Å². The first-order valence-corrected chi connectivity index (χ1v) is 7.75. The van der Waals surface area contributed by atoms with Gasteiger partial charge in [-0.1, -0.05) is 0 Å². The number of rotatable bonds is 8. The van der Waals surface area contributed by atoms with Crippen LogP contribution >= 0.6 is 0 Å². The van der Waals surface area contributed by atoms with Gasteiger partial charge < -0.3 is 20.8 Å². The maximum absolute atomic E-state index is 9.00. The van der Waals surface area contributed by atoms with E-state index in [-0.39, 0.29) is 24.3 Å². The van der Waals surface area contributed by atoms with Crippen LogP contribution in [-0.4, -0.2) is 71.6 Å². The maximum Gasteiger partial charge on any atom is 0.0558 e. The lowest BCUT2D eigenvalue weighted by Crippen LogP contribution is -2.62. The quantitative estimate of drug-likeness (QED) is 0.512. The zero-order valence-electron chi connectivity index (χ0n) is 13.6. The summed E-state index contributed by atoms with van der Waals surface area (Å²) in [4.78, 5) is 2.09. The highest BCUT2D eigenvalue weighted by molar-refractivity contribution is 4.99. The molecule has 120 valence electrons. The molecule has 0 aromatic rings. The Morgan fingerprint density at radius 2 is 1.50 bits per heavy atom. The Morgan fingerprint density at radius 1 is 1.00 bits per heavy atom. The van der Waals surface area contributed by atoms with Gasteiger partial charge in [0.2, 0.25) is 0 Å². The maximum atomic E-state index is 9.00. The molecule has 0 bridgehead atoms. The molecule has 20 heavy (non-hydrogen) atoms. The van der Waals surface area contributed by atoms with Crippen LogP contribution in [0.15, 0.2) is 0 Å². The van der Waals surface area contributed by atoms with E-state index >= 15 is 0 Å². The molecule has 5 nitrogen and oxygen atoms in total.